The normalized spacial score (nSPS) is 12.0. The third-order valence-electron chi connectivity index (χ3n) is 3.42. The number of likely N-dealkylation sites (N-methyl/N-ethyl adjacent to an activating group) is 1. The molecule has 2 aromatic rings. The van der Waals surface area contributed by atoms with Gasteiger partial charge in [-0.2, -0.15) is 0 Å². The van der Waals surface area contributed by atoms with Crippen molar-refractivity contribution >= 4 is 5.69 Å². The molecule has 0 amide bonds. The van der Waals surface area contributed by atoms with Crippen molar-refractivity contribution in [2.75, 3.05) is 25.6 Å². The molecular formula is C17H21NO2. The molecule has 0 aliphatic carbocycles. The molecule has 3 nitrogen and oxygen atoms in total. The number of ether oxygens (including phenoxy) is 1. The summed E-state index contributed by atoms with van der Waals surface area (Å²) in [5, 5.41) is 10.3. The monoisotopic (exact) mass is 271 g/mol. The molecule has 0 aliphatic heterocycles. The molecule has 1 N–H and O–H groups in total. The average Bonchev–Trinajstić information content (AvgIpc) is 2.48. The Morgan fingerprint density at radius 3 is 2.20 bits per heavy atom. The molecular weight excluding hydrogens is 250 g/mol. The van der Waals surface area contributed by atoms with E-state index in [9.17, 15) is 5.11 Å². The summed E-state index contributed by atoms with van der Waals surface area (Å²) in [6.45, 7) is 2.59. The first kappa shape index (κ1) is 14.4. The van der Waals surface area contributed by atoms with Crippen LogP contribution in [0.3, 0.4) is 0 Å². The summed E-state index contributed by atoms with van der Waals surface area (Å²) in [6, 6.07) is 15.8. The molecule has 0 radical (unpaired) electrons. The van der Waals surface area contributed by atoms with Gasteiger partial charge in [-0.15, -0.1) is 0 Å². The number of anilines is 1. The first-order chi connectivity index (χ1) is 9.60. The zero-order chi connectivity index (χ0) is 14.5. The molecule has 0 fully saturated rings. The molecule has 1 atom stereocenters. The molecule has 0 bridgehead atoms. The first-order valence-corrected chi connectivity index (χ1v) is 6.70. The average molecular weight is 271 g/mol. The van der Waals surface area contributed by atoms with E-state index in [0.29, 0.717) is 6.54 Å². The van der Waals surface area contributed by atoms with Gasteiger partial charge < -0.3 is 14.7 Å². The summed E-state index contributed by atoms with van der Waals surface area (Å²) >= 11 is 0. The Morgan fingerprint density at radius 1 is 1.05 bits per heavy atom. The Labute approximate surface area is 120 Å². The van der Waals surface area contributed by atoms with E-state index in [2.05, 4.69) is 0 Å². The fourth-order valence-electron chi connectivity index (χ4n) is 2.10. The van der Waals surface area contributed by atoms with Gasteiger partial charge in [0.25, 0.3) is 0 Å². The maximum atomic E-state index is 10.3. The molecule has 2 aromatic carbocycles. The first-order valence-electron chi connectivity index (χ1n) is 6.70. The zero-order valence-corrected chi connectivity index (χ0v) is 12.2. The van der Waals surface area contributed by atoms with Gasteiger partial charge in [-0.3, -0.25) is 0 Å². The van der Waals surface area contributed by atoms with Crippen molar-refractivity contribution in [3.8, 4) is 5.75 Å². The van der Waals surface area contributed by atoms with Crippen molar-refractivity contribution in [2.24, 2.45) is 0 Å². The second kappa shape index (κ2) is 6.44. The number of aliphatic hydroxyl groups is 1. The van der Waals surface area contributed by atoms with Crippen LogP contribution < -0.4 is 9.64 Å². The summed E-state index contributed by atoms with van der Waals surface area (Å²) < 4.78 is 5.14. The third kappa shape index (κ3) is 3.52. The second-order valence-electron chi connectivity index (χ2n) is 5.01. The molecule has 3 heteroatoms. The molecule has 0 aliphatic rings. The topological polar surface area (TPSA) is 32.7 Å². The molecule has 0 saturated carbocycles. The van der Waals surface area contributed by atoms with E-state index in [4.69, 9.17) is 4.74 Å². The van der Waals surface area contributed by atoms with Crippen LogP contribution in [0.5, 0.6) is 5.75 Å². The number of benzene rings is 2. The lowest BCUT2D eigenvalue weighted by Crippen LogP contribution is -2.24. The summed E-state index contributed by atoms with van der Waals surface area (Å²) in [5.41, 5.74) is 3.19. The van der Waals surface area contributed by atoms with Crippen LogP contribution >= 0.6 is 0 Å². The Morgan fingerprint density at radius 2 is 1.65 bits per heavy atom. The molecule has 2 rings (SSSR count). The Balaban J connectivity index is 2.02. The second-order valence-corrected chi connectivity index (χ2v) is 5.01. The van der Waals surface area contributed by atoms with Gasteiger partial charge in [0.2, 0.25) is 0 Å². The fourth-order valence-corrected chi connectivity index (χ4v) is 2.10. The van der Waals surface area contributed by atoms with Crippen molar-refractivity contribution in [3.63, 3.8) is 0 Å². The number of aliphatic hydroxyl groups excluding tert-OH is 1. The predicted molar refractivity (Wildman–Crippen MR) is 82.4 cm³/mol. The maximum Gasteiger partial charge on any atom is 0.119 e. The van der Waals surface area contributed by atoms with Crippen molar-refractivity contribution < 1.29 is 9.84 Å². The predicted octanol–water partition coefficient (Wildman–Crippen LogP) is 3.17. The standard InChI is InChI=1S/C17H21NO2/c1-13-4-6-14(7-5-13)17(19)12-18(2)15-8-10-16(20-3)11-9-15/h4-11,17,19H,12H2,1-3H3. The summed E-state index contributed by atoms with van der Waals surface area (Å²) in [4.78, 5) is 2.03. The van der Waals surface area contributed by atoms with Gasteiger partial charge in [-0.1, -0.05) is 29.8 Å². The molecule has 1 unspecified atom stereocenters. The van der Waals surface area contributed by atoms with Crippen LogP contribution in [0, 0.1) is 6.92 Å². The minimum absolute atomic E-state index is 0.497. The lowest BCUT2D eigenvalue weighted by atomic mass is 10.1. The van der Waals surface area contributed by atoms with Crippen LogP contribution in [0.1, 0.15) is 17.2 Å². The van der Waals surface area contributed by atoms with E-state index >= 15 is 0 Å². The van der Waals surface area contributed by atoms with Gasteiger partial charge in [0.05, 0.1) is 13.2 Å². The number of methoxy groups -OCH3 is 1. The van der Waals surface area contributed by atoms with Crippen LogP contribution in [-0.2, 0) is 0 Å². The fraction of sp³-hybridized carbons (Fsp3) is 0.294. The summed E-state index contributed by atoms with van der Waals surface area (Å²) in [7, 11) is 3.62. The van der Waals surface area contributed by atoms with E-state index in [1.54, 1.807) is 7.11 Å². The SMILES string of the molecule is COc1ccc(N(C)CC(O)c2ccc(C)cc2)cc1. The van der Waals surface area contributed by atoms with Gasteiger partial charge in [0.1, 0.15) is 5.75 Å². The summed E-state index contributed by atoms with van der Waals surface area (Å²) in [5.74, 6) is 0.834. The van der Waals surface area contributed by atoms with Crippen LogP contribution in [0.4, 0.5) is 5.69 Å². The highest BCUT2D eigenvalue weighted by atomic mass is 16.5. The third-order valence-corrected chi connectivity index (χ3v) is 3.42. The molecule has 0 spiro atoms. The van der Waals surface area contributed by atoms with Crippen molar-refractivity contribution in [2.45, 2.75) is 13.0 Å². The lowest BCUT2D eigenvalue weighted by Gasteiger charge is -2.23. The smallest absolute Gasteiger partial charge is 0.119 e. The molecule has 106 valence electrons. The zero-order valence-electron chi connectivity index (χ0n) is 12.2. The van der Waals surface area contributed by atoms with E-state index in [1.165, 1.54) is 5.56 Å². The summed E-state index contributed by atoms with van der Waals surface area (Å²) in [6.07, 6.45) is -0.497. The van der Waals surface area contributed by atoms with Crippen LogP contribution in [0.25, 0.3) is 0 Å². The van der Waals surface area contributed by atoms with E-state index < -0.39 is 6.10 Å². The van der Waals surface area contributed by atoms with E-state index in [-0.39, 0.29) is 0 Å². The van der Waals surface area contributed by atoms with Gasteiger partial charge >= 0.3 is 0 Å². The quantitative estimate of drug-likeness (QED) is 0.906. The largest absolute Gasteiger partial charge is 0.497 e. The van der Waals surface area contributed by atoms with Gasteiger partial charge in [-0.05, 0) is 36.8 Å². The molecule has 20 heavy (non-hydrogen) atoms. The van der Waals surface area contributed by atoms with Crippen LogP contribution in [-0.4, -0.2) is 25.8 Å². The van der Waals surface area contributed by atoms with E-state index in [1.807, 2.05) is 67.4 Å². The van der Waals surface area contributed by atoms with Crippen molar-refractivity contribution in [3.05, 3.63) is 59.7 Å². The number of rotatable bonds is 5. The minimum atomic E-state index is -0.497. The Bertz CT molecular complexity index is 534. The van der Waals surface area contributed by atoms with Gasteiger partial charge in [0.15, 0.2) is 0 Å². The van der Waals surface area contributed by atoms with Crippen LogP contribution in [0.15, 0.2) is 48.5 Å². The lowest BCUT2D eigenvalue weighted by molar-refractivity contribution is 0.185. The highest BCUT2D eigenvalue weighted by molar-refractivity contribution is 5.48. The van der Waals surface area contributed by atoms with Gasteiger partial charge in [0, 0.05) is 19.3 Å². The maximum absolute atomic E-state index is 10.3. The van der Waals surface area contributed by atoms with Crippen molar-refractivity contribution in [1.29, 1.82) is 0 Å². The molecule has 0 aromatic heterocycles. The Hall–Kier alpha value is -2.00. The highest BCUT2D eigenvalue weighted by Gasteiger charge is 2.11. The van der Waals surface area contributed by atoms with Crippen molar-refractivity contribution in [1.82, 2.24) is 0 Å². The highest BCUT2D eigenvalue weighted by Crippen LogP contribution is 2.21. The van der Waals surface area contributed by atoms with E-state index in [0.717, 1.165) is 17.0 Å². The van der Waals surface area contributed by atoms with Crippen LogP contribution in [0.2, 0.25) is 0 Å². The number of aryl methyl sites for hydroxylation is 1. The molecule has 0 heterocycles. The Kier molecular flexibility index (Phi) is 4.64. The van der Waals surface area contributed by atoms with Gasteiger partial charge in [-0.25, -0.2) is 0 Å². The minimum Gasteiger partial charge on any atom is -0.497 e. The number of hydrogen-bond acceptors (Lipinski definition) is 3. The number of hydrogen-bond donors (Lipinski definition) is 1. The number of nitrogens with zero attached hydrogens (tertiary/aromatic N) is 1. The molecule has 0 saturated heterocycles.